The quantitative estimate of drug-likeness (QED) is 0.305. The van der Waals surface area contributed by atoms with Crippen molar-refractivity contribution in [1.29, 1.82) is 5.26 Å². The maximum Gasteiger partial charge on any atom is 0.253 e. The number of nitrogens with one attached hydrogen (secondary N) is 3. The number of aryl methyl sites for hydroxylation is 2. The summed E-state index contributed by atoms with van der Waals surface area (Å²) in [6.07, 6.45) is 6.68. The van der Waals surface area contributed by atoms with Crippen LogP contribution < -0.4 is 15.4 Å². The number of benzene rings is 1. The van der Waals surface area contributed by atoms with Crippen molar-refractivity contribution in [3.8, 4) is 6.07 Å². The molecule has 0 radical (unpaired) electrons. The first-order valence-electron chi connectivity index (χ1n) is 13.6. The van der Waals surface area contributed by atoms with Crippen molar-refractivity contribution >= 4 is 33.4 Å². The van der Waals surface area contributed by atoms with E-state index < -0.39 is 15.9 Å². The third kappa shape index (κ3) is 7.99. The Morgan fingerprint density at radius 2 is 1.85 bits per heavy atom. The van der Waals surface area contributed by atoms with Gasteiger partial charge >= 0.3 is 0 Å². The lowest BCUT2D eigenvalue weighted by molar-refractivity contribution is 0.0923. The Labute approximate surface area is 241 Å². The molecule has 216 valence electrons. The van der Waals surface area contributed by atoms with Crippen LogP contribution in [0.4, 0.5) is 17.5 Å². The number of nitriles is 1. The highest BCUT2D eigenvalue weighted by Gasteiger charge is 2.29. The van der Waals surface area contributed by atoms with E-state index in [1.54, 1.807) is 0 Å². The fourth-order valence-corrected chi connectivity index (χ4v) is 5.69. The Balaban J connectivity index is 1.42. The molecule has 0 bridgehead atoms. The summed E-state index contributed by atoms with van der Waals surface area (Å²) < 4.78 is 25.4. The second-order valence-electron chi connectivity index (χ2n) is 10.7. The van der Waals surface area contributed by atoms with Crippen LogP contribution in [0.5, 0.6) is 0 Å². The minimum Gasteiger partial charge on any atom is -0.349 e. The molecular formula is C29H36N8O3S. The highest BCUT2D eigenvalue weighted by molar-refractivity contribution is 7.92. The van der Waals surface area contributed by atoms with Gasteiger partial charge in [-0.25, -0.2) is 23.4 Å². The molecule has 1 aromatic carbocycles. The number of aromatic nitrogens is 3. The molecule has 0 fully saturated rings. The number of amides is 1. The molecule has 0 spiro atoms. The maximum atomic E-state index is 13.1. The van der Waals surface area contributed by atoms with Crippen LogP contribution in [0, 0.1) is 25.2 Å². The Morgan fingerprint density at radius 3 is 2.51 bits per heavy atom. The predicted molar refractivity (Wildman–Crippen MR) is 158 cm³/mol. The van der Waals surface area contributed by atoms with E-state index in [0.29, 0.717) is 18.9 Å². The average molecular weight is 577 g/mol. The van der Waals surface area contributed by atoms with Crippen LogP contribution in [-0.2, 0) is 23.1 Å². The van der Waals surface area contributed by atoms with Gasteiger partial charge in [0.15, 0.2) is 0 Å². The number of pyridine rings is 1. The number of nitrogens with zero attached hydrogens (tertiary/aromatic N) is 5. The molecule has 0 saturated carbocycles. The summed E-state index contributed by atoms with van der Waals surface area (Å²) in [5, 5.41) is 15.8. The van der Waals surface area contributed by atoms with E-state index in [9.17, 15) is 18.5 Å². The smallest absolute Gasteiger partial charge is 0.253 e. The molecule has 4 rings (SSSR count). The van der Waals surface area contributed by atoms with Gasteiger partial charge in [0.2, 0.25) is 16.0 Å². The summed E-state index contributed by atoms with van der Waals surface area (Å²) in [5.74, 6) is 0.0927. The zero-order valence-corrected chi connectivity index (χ0v) is 24.8. The Kier molecular flexibility index (Phi) is 9.20. The first-order chi connectivity index (χ1) is 19.4. The summed E-state index contributed by atoms with van der Waals surface area (Å²) in [5.41, 5.74) is 5.52. The molecule has 1 amide bonds. The number of carbonyl (C=O) groups excluding carboxylic acids is 1. The minimum atomic E-state index is -3.59. The first kappa shape index (κ1) is 29.9. The molecule has 2 aromatic heterocycles. The molecule has 0 saturated heterocycles. The van der Waals surface area contributed by atoms with E-state index in [1.807, 2.05) is 19.2 Å². The van der Waals surface area contributed by atoms with Crippen LogP contribution >= 0.6 is 0 Å². The van der Waals surface area contributed by atoms with Crippen LogP contribution in [0.15, 0.2) is 36.7 Å². The van der Waals surface area contributed by atoms with Gasteiger partial charge < -0.3 is 10.6 Å². The van der Waals surface area contributed by atoms with Gasteiger partial charge in [-0.1, -0.05) is 19.4 Å². The fourth-order valence-electron chi connectivity index (χ4n) is 5.20. The third-order valence-electron chi connectivity index (χ3n) is 6.86. The van der Waals surface area contributed by atoms with E-state index >= 15 is 0 Å². The van der Waals surface area contributed by atoms with Crippen molar-refractivity contribution in [3.05, 3.63) is 70.2 Å². The summed E-state index contributed by atoms with van der Waals surface area (Å²) in [4.78, 5) is 28.8. The highest BCUT2D eigenvalue weighted by atomic mass is 32.2. The van der Waals surface area contributed by atoms with Gasteiger partial charge in [-0.3, -0.25) is 14.4 Å². The highest BCUT2D eigenvalue weighted by Crippen LogP contribution is 2.28. The standard InChI is InChI=1S/C29H36N8O3S/c1-6-7-24(11-20(4)33-28(38)25-12-27(36-41(5,39)40)31-14-21(25)13-30)37-16-22-15-32-29(35-26(22)17-37)34-23-9-18(2)8-19(3)10-23/h8-10,12,14-15,20,24H,6-7,11,16-17H2,1-5H3,(H,31,36)(H,33,38)(H,32,34,35)/t20-,24-/m1/s1. The van der Waals surface area contributed by atoms with E-state index in [1.165, 1.54) is 23.4 Å². The summed E-state index contributed by atoms with van der Waals surface area (Å²) >= 11 is 0. The van der Waals surface area contributed by atoms with Gasteiger partial charge in [-0.2, -0.15) is 5.26 Å². The van der Waals surface area contributed by atoms with Crippen molar-refractivity contribution in [1.82, 2.24) is 25.2 Å². The molecule has 12 heteroatoms. The molecule has 0 unspecified atom stereocenters. The normalized spacial score (nSPS) is 14.5. The number of sulfonamides is 1. The molecular weight excluding hydrogens is 540 g/mol. The maximum absolute atomic E-state index is 13.1. The van der Waals surface area contributed by atoms with Crippen molar-refractivity contribution < 1.29 is 13.2 Å². The molecule has 3 aromatic rings. The van der Waals surface area contributed by atoms with Crippen LogP contribution in [0.1, 0.15) is 71.4 Å². The minimum absolute atomic E-state index is 0.0181. The third-order valence-corrected chi connectivity index (χ3v) is 7.44. The molecule has 0 aliphatic carbocycles. The Morgan fingerprint density at radius 1 is 1.12 bits per heavy atom. The molecule has 41 heavy (non-hydrogen) atoms. The zero-order chi connectivity index (χ0) is 29.7. The SMILES string of the molecule is CCC[C@H](C[C@@H](C)NC(=O)c1cc(NS(C)(=O)=O)ncc1C#N)N1Cc2cnc(Nc3cc(C)cc(C)c3)nc2C1. The monoisotopic (exact) mass is 576 g/mol. The largest absolute Gasteiger partial charge is 0.349 e. The van der Waals surface area contributed by atoms with Gasteiger partial charge in [0.25, 0.3) is 5.91 Å². The van der Waals surface area contributed by atoms with Gasteiger partial charge in [0.05, 0.1) is 23.1 Å². The van der Waals surface area contributed by atoms with Crippen LogP contribution in [0.2, 0.25) is 0 Å². The molecule has 11 nitrogen and oxygen atoms in total. The van der Waals surface area contributed by atoms with E-state index in [4.69, 9.17) is 4.98 Å². The Hall–Kier alpha value is -4.08. The van der Waals surface area contributed by atoms with Gasteiger partial charge in [-0.05, 0) is 62.9 Å². The molecule has 3 N–H and O–H groups in total. The van der Waals surface area contributed by atoms with Crippen molar-refractivity contribution in [2.45, 2.75) is 72.1 Å². The second-order valence-corrected chi connectivity index (χ2v) is 12.5. The van der Waals surface area contributed by atoms with E-state index in [2.05, 4.69) is 69.2 Å². The number of hydrogen-bond donors (Lipinski definition) is 3. The van der Waals surface area contributed by atoms with Crippen molar-refractivity contribution in [2.24, 2.45) is 0 Å². The average Bonchev–Trinajstić information content (AvgIpc) is 3.30. The molecule has 3 heterocycles. The van der Waals surface area contributed by atoms with Crippen molar-refractivity contribution in [2.75, 3.05) is 16.3 Å². The topological polar surface area (TPSA) is 153 Å². The zero-order valence-electron chi connectivity index (χ0n) is 24.0. The molecule has 1 aliphatic heterocycles. The lowest BCUT2D eigenvalue weighted by atomic mass is 10.0. The van der Waals surface area contributed by atoms with Gasteiger partial charge in [-0.15, -0.1) is 0 Å². The molecule has 1 aliphatic rings. The first-order valence-corrected chi connectivity index (χ1v) is 15.5. The number of anilines is 3. The predicted octanol–water partition coefficient (Wildman–Crippen LogP) is 4.17. The van der Waals surface area contributed by atoms with Crippen LogP contribution in [0.3, 0.4) is 0 Å². The molecule has 2 atom stereocenters. The summed E-state index contributed by atoms with van der Waals surface area (Å²) in [7, 11) is -3.59. The fraction of sp³-hybridized carbons (Fsp3) is 0.414. The number of fused-ring (bicyclic) bond motifs is 1. The number of hydrogen-bond acceptors (Lipinski definition) is 9. The van der Waals surface area contributed by atoms with Gasteiger partial charge in [0, 0.05) is 48.8 Å². The second kappa shape index (κ2) is 12.6. The van der Waals surface area contributed by atoms with E-state index in [-0.39, 0.29) is 29.0 Å². The number of rotatable bonds is 11. The van der Waals surface area contributed by atoms with Crippen molar-refractivity contribution in [3.63, 3.8) is 0 Å². The van der Waals surface area contributed by atoms with Crippen LogP contribution in [-0.4, -0.2) is 52.5 Å². The van der Waals surface area contributed by atoms with E-state index in [0.717, 1.165) is 42.6 Å². The number of carbonyl (C=O) groups is 1. The lowest BCUT2D eigenvalue weighted by Crippen LogP contribution is -2.40. The summed E-state index contributed by atoms with van der Waals surface area (Å²) in [6.45, 7) is 9.60. The lowest BCUT2D eigenvalue weighted by Gasteiger charge is -2.30. The summed E-state index contributed by atoms with van der Waals surface area (Å²) in [6, 6.07) is 9.48. The Bertz CT molecular complexity index is 1570. The van der Waals surface area contributed by atoms with Crippen LogP contribution in [0.25, 0.3) is 0 Å². The van der Waals surface area contributed by atoms with Gasteiger partial charge in [0.1, 0.15) is 11.9 Å².